The summed E-state index contributed by atoms with van der Waals surface area (Å²) in [5.41, 5.74) is 2.70. The van der Waals surface area contributed by atoms with E-state index in [-0.39, 0.29) is 29.7 Å². The molecule has 1 aliphatic carbocycles. The molecule has 4 rings (SSSR count). The quantitative estimate of drug-likeness (QED) is 0.307. The number of likely N-dealkylation sites (N-methyl/N-ethyl adjacent to an activating group) is 1. The molecule has 0 spiro atoms. The van der Waals surface area contributed by atoms with E-state index in [1.807, 2.05) is 6.07 Å². The molecular formula is C32H48N6O3S. The second-order valence-electron chi connectivity index (χ2n) is 11.8. The Morgan fingerprint density at radius 1 is 1.07 bits per heavy atom. The lowest BCUT2D eigenvalue weighted by molar-refractivity contribution is -0.129. The molecule has 42 heavy (non-hydrogen) atoms. The second kappa shape index (κ2) is 15.6. The topological polar surface area (TPSA) is 107 Å². The van der Waals surface area contributed by atoms with Gasteiger partial charge in [-0.3, -0.25) is 19.3 Å². The molecule has 10 heteroatoms. The highest BCUT2D eigenvalue weighted by atomic mass is 32.1. The number of aromatic nitrogens is 1. The third kappa shape index (κ3) is 9.09. The first-order chi connectivity index (χ1) is 20.2. The molecule has 0 radical (unpaired) electrons. The fourth-order valence-corrected chi connectivity index (χ4v) is 6.91. The van der Waals surface area contributed by atoms with Crippen LogP contribution in [-0.4, -0.2) is 90.9 Å². The highest BCUT2D eigenvalue weighted by molar-refractivity contribution is 7.18. The summed E-state index contributed by atoms with van der Waals surface area (Å²) < 4.78 is 1.09. The minimum Gasteiger partial charge on any atom is -0.350 e. The molecule has 2 aromatic rings. The van der Waals surface area contributed by atoms with Crippen LogP contribution in [-0.2, 0) is 27.2 Å². The number of carbonyl (C=O) groups is 3. The van der Waals surface area contributed by atoms with Crippen LogP contribution >= 0.6 is 11.3 Å². The molecule has 2 aliphatic rings. The van der Waals surface area contributed by atoms with E-state index in [0.717, 1.165) is 73.5 Å². The summed E-state index contributed by atoms with van der Waals surface area (Å²) in [6.45, 7) is 12.7. The van der Waals surface area contributed by atoms with Crippen LogP contribution in [0.15, 0.2) is 30.4 Å². The van der Waals surface area contributed by atoms with Crippen LogP contribution in [0.1, 0.15) is 62.9 Å². The first-order valence-corrected chi connectivity index (χ1v) is 16.4. The van der Waals surface area contributed by atoms with Gasteiger partial charge in [0.1, 0.15) is 6.04 Å². The molecule has 1 aliphatic heterocycles. The van der Waals surface area contributed by atoms with Crippen LogP contribution in [0.25, 0.3) is 10.2 Å². The van der Waals surface area contributed by atoms with Crippen LogP contribution < -0.4 is 16.0 Å². The average molecular weight is 597 g/mol. The Kier molecular flexibility index (Phi) is 11.9. The molecule has 2 heterocycles. The van der Waals surface area contributed by atoms with Gasteiger partial charge in [0.2, 0.25) is 17.7 Å². The number of fused-ring (bicyclic) bond motifs is 1. The number of hydrogen-bond donors (Lipinski definition) is 3. The second-order valence-corrected chi connectivity index (χ2v) is 13.0. The maximum Gasteiger partial charge on any atom is 0.247 e. The monoisotopic (exact) mass is 596 g/mol. The highest BCUT2D eigenvalue weighted by Crippen LogP contribution is 2.27. The first kappa shape index (κ1) is 32.1. The summed E-state index contributed by atoms with van der Waals surface area (Å²) in [4.78, 5) is 48.5. The molecule has 1 aromatic carbocycles. The van der Waals surface area contributed by atoms with Crippen LogP contribution in [0.5, 0.6) is 0 Å². The number of amides is 3. The zero-order valence-electron chi connectivity index (χ0n) is 25.5. The normalized spacial score (nSPS) is 18.4. The third-order valence-electron chi connectivity index (χ3n) is 8.62. The number of rotatable bonds is 13. The fraction of sp³-hybridized carbons (Fsp3) is 0.625. The smallest absolute Gasteiger partial charge is 0.247 e. The van der Waals surface area contributed by atoms with Gasteiger partial charge in [-0.2, -0.15) is 0 Å². The summed E-state index contributed by atoms with van der Waals surface area (Å²) >= 11 is 1.57. The van der Waals surface area contributed by atoms with Gasteiger partial charge >= 0.3 is 0 Å². The van der Waals surface area contributed by atoms with Crippen molar-refractivity contribution in [1.82, 2.24) is 30.7 Å². The largest absolute Gasteiger partial charge is 0.350 e. The standard InChI is InChI=1S/C32H48N6O3S/c1-5-23-12-13-25-28(18-23)42-30(35-25)19-26(34-29(39)6-2)32(41)36-27(24-10-8-7-9-11-24)20-33-31(40)22(3)21-38-16-14-37(4)15-17-38/h12-13,18,24,26-27H,3,5-11,14-17,19-21H2,1-2,4H3,(H,33,40)(H,34,39)(H,36,41)/t26-,27+/m0/s1. The van der Waals surface area contributed by atoms with E-state index in [4.69, 9.17) is 4.98 Å². The van der Waals surface area contributed by atoms with Gasteiger partial charge in [0.25, 0.3) is 0 Å². The van der Waals surface area contributed by atoms with Gasteiger partial charge in [0, 0.05) is 63.7 Å². The molecule has 1 aromatic heterocycles. The lowest BCUT2D eigenvalue weighted by atomic mass is 9.83. The first-order valence-electron chi connectivity index (χ1n) is 15.6. The van der Waals surface area contributed by atoms with E-state index in [2.05, 4.69) is 58.4 Å². The van der Waals surface area contributed by atoms with Crippen molar-refractivity contribution in [1.29, 1.82) is 0 Å². The molecule has 2 fully saturated rings. The van der Waals surface area contributed by atoms with E-state index < -0.39 is 6.04 Å². The van der Waals surface area contributed by atoms with Crippen LogP contribution in [0.4, 0.5) is 0 Å². The lowest BCUT2D eigenvalue weighted by Crippen LogP contribution is -2.55. The molecule has 3 N–H and O–H groups in total. The van der Waals surface area contributed by atoms with Crippen molar-refractivity contribution in [3.05, 3.63) is 40.9 Å². The van der Waals surface area contributed by atoms with Crippen molar-refractivity contribution in [3.63, 3.8) is 0 Å². The SMILES string of the molecule is C=C(CN1CCN(C)CC1)C(=O)NC[C@@H](NC(=O)[C@H](Cc1nc2ccc(CC)cc2s1)NC(=O)CC)C1CCCCC1. The number of aryl methyl sites for hydroxylation is 1. The van der Waals surface area contributed by atoms with Crippen LogP contribution in [0, 0.1) is 5.92 Å². The van der Waals surface area contributed by atoms with E-state index in [1.54, 1.807) is 18.3 Å². The highest BCUT2D eigenvalue weighted by Gasteiger charge is 2.30. The number of hydrogen-bond acceptors (Lipinski definition) is 7. The molecule has 0 unspecified atom stereocenters. The van der Waals surface area contributed by atoms with Gasteiger partial charge in [-0.05, 0) is 49.9 Å². The van der Waals surface area contributed by atoms with Crippen molar-refractivity contribution in [2.24, 2.45) is 5.92 Å². The summed E-state index contributed by atoms with van der Waals surface area (Å²) in [5.74, 6) is -0.300. The minimum atomic E-state index is -0.738. The van der Waals surface area contributed by atoms with Crippen molar-refractivity contribution in [2.45, 2.75) is 77.3 Å². The predicted octanol–water partition coefficient (Wildman–Crippen LogP) is 3.28. The molecule has 0 bridgehead atoms. The Bertz CT molecular complexity index is 1230. The van der Waals surface area contributed by atoms with Crippen molar-refractivity contribution >= 4 is 39.3 Å². The minimum absolute atomic E-state index is 0.166. The Morgan fingerprint density at radius 2 is 1.81 bits per heavy atom. The van der Waals surface area contributed by atoms with Crippen molar-refractivity contribution in [2.75, 3.05) is 46.3 Å². The number of nitrogens with one attached hydrogen (secondary N) is 3. The summed E-state index contributed by atoms with van der Waals surface area (Å²) in [5, 5.41) is 10.0. The maximum absolute atomic E-state index is 13.7. The molecule has 3 amide bonds. The number of benzene rings is 1. The summed E-state index contributed by atoms with van der Waals surface area (Å²) in [7, 11) is 2.11. The number of carbonyl (C=O) groups excluding carboxylic acids is 3. The van der Waals surface area contributed by atoms with E-state index in [0.29, 0.717) is 31.5 Å². The van der Waals surface area contributed by atoms with Gasteiger partial charge in [-0.1, -0.05) is 45.8 Å². The molecule has 9 nitrogen and oxygen atoms in total. The van der Waals surface area contributed by atoms with Gasteiger partial charge in [-0.25, -0.2) is 4.98 Å². The van der Waals surface area contributed by atoms with Crippen LogP contribution in [0.3, 0.4) is 0 Å². The number of thiazole rings is 1. The number of piperazine rings is 1. The molecular weight excluding hydrogens is 548 g/mol. The summed E-state index contributed by atoms with van der Waals surface area (Å²) in [6, 6.07) is 5.29. The van der Waals surface area contributed by atoms with E-state index in [1.165, 1.54) is 12.0 Å². The maximum atomic E-state index is 13.7. The fourth-order valence-electron chi connectivity index (χ4n) is 5.84. The van der Waals surface area contributed by atoms with Gasteiger partial charge in [0.05, 0.1) is 15.2 Å². The number of nitrogens with zero attached hydrogens (tertiary/aromatic N) is 3. The van der Waals surface area contributed by atoms with Crippen molar-refractivity contribution < 1.29 is 14.4 Å². The Balaban J connectivity index is 1.42. The molecule has 1 saturated carbocycles. The third-order valence-corrected chi connectivity index (χ3v) is 9.66. The lowest BCUT2D eigenvalue weighted by Gasteiger charge is -2.33. The van der Waals surface area contributed by atoms with E-state index in [9.17, 15) is 14.4 Å². The molecule has 1 saturated heterocycles. The van der Waals surface area contributed by atoms with Gasteiger partial charge in [0.15, 0.2) is 0 Å². The molecule has 2 atom stereocenters. The van der Waals surface area contributed by atoms with Crippen LogP contribution in [0.2, 0.25) is 0 Å². The predicted molar refractivity (Wildman–Crippen MR) is 170 cm³/mol. The summed E-state index contributed by atoms with van der Waals surface area (Å²) in [6.07, 6.45) is 7.00. The Morgan fingerprint density at radius 3 is 2.50 bits per heavy atom. The Labute approximate surface area is 254 Å². The van der Waals surface area contributed by atoms with Gasteiger partial charge < -0.3 is 20.9 Å². The average Bonchev–Trinajstić information content (AvgIpc) is 3.41. The van der Waals surface area contributed by atoms with Crippen molar-refractivity contribution in [3.8, 4) is 0 Å². The zero-order valence-corrected chi connectivity index (χ0v) is 26.4. The zero-order chi connectivity index (χ0) is 30.1. The van der Waals surface area contributed by atoms with E-state index >= 15 is 0 Å². The Hall–Kier alpha value is -2.82. The molecule has 230 valence electrons. The van der Waals surface area contributed by atoms with Gasteiger partial charge in [-0.15, -0.1) is 11.3 Å².